The third kappa shape index (κ3) is 3.43. The number of piperidine rings is 1. The third-order valence-electron chi connectivity index (χ3n) is 4.51. The summed E-state index contributed by atoms with van der Waals surface area (Å²) < 4.78 is 0. The smallest absolute Gasteiger partial charge is 0.228 e. The molecular weight excluding hydrogens is 262 g/mol. The zero-order valence-corrected chi connectivity index (χ0v) is 12.9. The largest absolute Gasteiger partial charge is 0.341 e. The average molecular weight is 285 g/mol. The maximum absolute atomic E-state index is 12.8. The quantitative estimate of drug-likeness (QED) is 0.923. The summed E-state index contributed by atoms with van der Waals surface area (Å²) in [4.78, 5) is 14.7. The molecule has 2 rings (SSSR count). The van der Waals surface area contributed by atoms with Gasteiger partial charge in [0, 0.05) is 13.6 Å². The highest BCUT2D eigenvalue weighted by Gasteiger charge is 2.39. The van der Waals surface area contributed by atoms with Gasteiger partial charge in [0.1, 0.15) is 0 Å². The van der Waals surface area contributed by atoms with Crippen LogP contribution >= 0.6 is 0 Å². The molecule has 1 aromatic rings. The molecule has 0 unspecified atom stereocenters. The Morgan fingerprint density at radius 1 is 1.43 bits per heavy atom. The van der Waals surface area contributed by atoms with Crippen LogP contribution in [-0.2, 0) is 11.3 Å². The van der Waals surface area contributed by atoms with Gasteiger partial charge in [-0.25, -0.2) is 0 Å². The first kappa shape index (κ1) is 15.5. The van der Waals surface area contributed by atoms with Gasteiger partial charge >= 0.3 is 0 Å². The summed E-state index contributed by atoms with van der Waals surface area (Å²) in [6.07, 6.45) is 2.70. The zero-order chi connectivity index (χ0) is 15.3. The van der Waals surface area contributed by atoms with Gasteiger partial charge in [0.05, 0.1) is 17.0 Å². The highest BCUT2D eigenvalue weighted by Crippen LogP contribution is 2.34. The van der Waals surface area contributed by atoms with Crippen LogP contribution in [-0.4, -0.2) is 30.9 Å². The van der Waals surface area contributed by atoms with Crippen molar-refractivity contribution in [3.8, 4) is 6.07 Å². The number of rotatable bonds is 4. The van der Waals surface area contributed by atoms with E-state index in [0.29, 0.717) is 12.1 Å². The SMILES string of the molecule is CCC1(C(=O)N(C)Cc2cccc(C#N)c2)CCNCC1. The summed E-state index contributed by atoms with van der Waals surface area (Å²) in [5, 5.41) is 12.3. The van der Waals surface area contributed by atoms with E-state index in [4.69, 9.17) is 5.26 Å². The van der Waals surface area contributed by atoms with Crippen molar-refractivity contribution < 1.29 is 4.79 Å². The molecule has 1 heterocycles. The molecule has 4 nitrogen and oxygen atoms in total. The lowest BCUT2D eigenvalue weighted by atomic mass is 9.75. The summed E-state index contributed by atoms with van der Waals surface area (Å²) in [7, 11) is 1.86. The number of carbonyl (C=O) groups is 1. The minimum absolute atomic E-state index is 0.215. The van der Waals surface area contributed by atoms with E-state index in [0.717, 1.165) is 37.9 Å². The van der Waals surface area contributed by atoms with Gasteiger partial charge in [-0.1, -0.05) is 19.1 Å². The van der Waals surface area contributed by atoms with Crippen LogP contribution in [0.3, 0.4) is 0 Å². The Balaban J connectivity index is 2.09. The summed E-state index contributed by atoms with van der Waals surface area (Å²) in [5.74, 6) is 0.230. The topological polar surface area (TPSA) is 56.1 Å². The molecule has 0 spiro atoms. The molecule has 1 aliphatic heterocycles. The van der Waals surface area contributed by atoms with Crippen molar-refractivity contribution in [1.29, 1.82) is 5.26 Å². The van der Waals surface area contributed by atoms with E-state index in [1.807, 2.05) is 30.1 Å². The van der Waals surface area contributed by atoms with Crippen molar-refractivity contribution in [3.05, 3.63) is 35.4 Å². The number of hydrogen-bond acceptors (Lipinski definition) is 3. The second-order valence-corrected chi connectivity index (χ2v) is 5.86. The van der Waals surface area contributed by atoms with Gasteiger partial charge in [0.15, 0.2) is 0 Å². The summed E-state index contributed by atoms with van der Waals surface area (Å²) in [6.45, 7) is 4.49. The predicted molar refractivity (Wildman–Crippen MR) is 82.5 cm³/mol. The molecule has 0 saturated carbocycles. The molecule has 0 bridgehead atoms. The molecular formula is C17H23N3O. The molecule has 1 fully saturated rings. The van der Waals surface area contributed by atoms with Crippen molar-refractivity contribution in [2.24, 2.45) is 5.41 Å². The third-order valence-corrected chi connectivity index (χ3v) is 4.51. The molecule has 4 heteroatoms. The highest BCUT2D eigenvalue weighted by molar-refractivity contribution is 5.82. The molecule has 0 radical (unpaired) electrons. The van der Waals surface area contributed by atoms with Crippen LogP contribution in [0.4, 0.5) is 0 Å². The summed E-state index contributed by atoms with van der Waals surface area (Å²) in [6, 6.07) is 9.61. The van der Waals surface area contributed by atoms with Crippen molar-refractivity contribution in [2.75, 3.05) is 20.1 Å². The van der Waals surface area contributed by atoms with E-state index in [9.17, 15) is 4.79 Å². The first-order chi connectivity index (χ1) is 10.1. The Morgan fingerprint density at radius 2 is 2.14 bits per heavy atom. The molecule has 21 heavy (non-hydrogen) atoms. The van der Waals surface area contributed by atoms with Gasteiger partial charge < -0.3 is 10.2 Å². The predicted octanol–water partition coefficient (Wildman–Crippen LogP) is 2.30. The Kier molecular flexibility index (Phi) is 4.98. The van der Waals surface area contributed by atoms with Crippen LogP contribution in [0.2, 0.25) is 0 Å². The van der Waals surface area contributed by atoms with Gasteiger partial charge in [-0.2, -0.15) is 5.26 Å². The van der Waals surface area contributed by atoms with E-state index in [2.05, 4.69) is 18.3 Å². The Labute approximate surface area is 126 Å². The van der Waals surface area contributed by atoms with Crippen LogP contribution in [0.15, 0.2) is 24.3 Å². The molecule has 1 aliphatic rings. The maximum Gasteiger partial charge on any atom is 0.228 e. The van der Waals surface area contributed by atoms with Gasteiger partial charge in [-0.3, -0.25) is 4.79 Å². The minimum atomic E-state index is -0.215. The molecule has 0 aliphatic carbocycles. The fraction of sp³-hybridized carbons (Fsp3) is 0.529. The van der Waals surface area contributed by atoms with E-state index in [-0.39, 0.29) is 11.3 Å². The Morgan fingerprint density at radius 3 is 2.76 bits per heavy atom. The van der Waals surface area contributed by atoms with Crippen molar-refractivity contribution in [3.63, 3.8) is 0 Å². The number of nitrogens with one attached hydrogen (secondary N) is 1. The van der Waals surface area contributed by atoms with E-state index in [1.54, 1.807) is 6.07 Å². The molecule has 112 valence electrons. The lowest BCUT2D eigenvalue weighted by Crippen LogP contribution is -2.47. The van der Waals surface area contributed by atoms with Gasteiger partial charge in [-0.15, -0.1) is 0 Å². The molecule has 1 saturated heterocycles. The molecule has 1 aromatic carbocycles. The van der Waals surface area contributed by atoms with Gasteiger partial charge in [-0.05, 0) is 50.0 Å². The molecule has 1 N–H and O–H groups in total. The van der Waals surface area contributed by atoms with E-state index in [1.165, 1.54) is 0 Å². The highest BCUT2D eigenvalue weighted by atomic mass is 16.2. The first-order valence-electron chi connectivity index (χ1n) is 7.56. The standard InChI is InChI=1S/C17H23N3O/c1-3-17(7-9-19-10-8-17)16(21)20(2)13-15-6-4-5-14(11-15)12-18/h4-6,11,19H,3,7-10,13H2,1-2H3. The van der Waals surface area contributed by atoms with E-state index < -0.39 is 0 Å². The van der Waals surface area contributed by atoms with Crippen LogP contribution in [0, 0.1) is 16.7 Å². The molecule has 0 atom stereocenters. The number of nitrogens with zero attached hydrogens (tertiary/aromatic N) is 2. The Bertz CT molecular complexity index is 541. The van der Waals surface area contributed by atoms with Crippen LogP contribution in [0.25, 0.3) is 0 Å². The van der Waals surface area contributed by atoms with Crippen LogP contribution in [0.5, 0.6) is 0 Å². The monoisotopic (exact) mass is 285 g/mol. The molecule has 0 aromatic heterocycles. The minimum Gasteiger partial charge on any atom is -0.341 e. The summed E-state index contributed by atoms with van der Waals surface area (Å²) in [5.41, 5.74) is 1.43. The average Bonchev–Trinajstić information content (AvgIpc) is 2.54. The van der Waals surface area contributed by atoms with Gasteiger partial charge in [0.25, 0.3) is 0 Å². The second-order valence-electron chi connectivity index (χ2n) is 5.86. The van der Waals surface area contributed by atoms with Crippen LogP contribution in [0.1, 0.15) is 37.3 Å². The fourth-order valence-electron chi connectivity index (χ4n) is 3.11. The first-order valence-corrected chi connectivity index (χ1v) is 7.56. The number of hydrogen-bond donors (Lipinski definition) is 1. The lowest BCUT2D eigenvalue weighted by Gasteiger charge is -2.38. The normalized spacial score (nSPS) is 17.0. The van der Waals surface area contributed by atoms with Crippen molar-refractivity contribution in [1.82, 2.24) is 10.2 Å². The maximum atomic E-state index is 12.8. The number of amides is 1. The Hall–Kier alpha value is -1.86. The fourth-order valence-corrected chi connectivity index (χ4v) is 3.11. The lowest BCUT2D eigenvalue weighted by molar-refractivity contribution is -0.143. The number of nitriles is 1. The van der Waals surface area contributed by atoms with E-state index >= 15 is 0 Å². The number of carbonyl (C=O) groups excluding carboxylic acids is 1. The summed E-state index contributed by atoms with van der Waals surface area (Å²) >= 11 is 0. The zero-order valence-electron chi connectivity index (χ0n) is 12.9. The molecule has 1 amide bonds. The van der Waals surface area contributed by atoms with Crippen molar-refractivity contribution in [2.45, 2.75) is 32.7 Å². The van der Waals surface area contributed by atoms with Crippen LogP contribution < -0.4 is 5.32 Å². The van der Waals surface area contributed by atoms with Gasteiger partial charge in [0.2, 0.25) is 5.91 Å². The number of benzene rings is 1. The second kappa shape index (κ2) is 6.73. The van der Waals surface area contributed by atoms with Crippen molar-refractivity contribution >= 4 is 5.91 Å².